The molecule has 2 unspecified atom stereocenters. The number of carbonyl (C=O) groups excluding carboxylic acids is 1. The molecule has 5 heteroatoms. The summed E-state index contributed by atoms with van der Waals surface area (Å²) in [6.45, 7) is 9.63. The normalized spacial score (nSPS) is 19.5. The van der Waals surface area contributed by atoms with Crippen LogP contribution >= 0.6 is 0 Å². The second kappa shape index (κ2) is 10.8. The van der Waals surface area contributed by atoms with Crippen molar-refractivity contribution in [3.05, 3.63) is 0 Å². The summed E-state index contributed by atoms with van der Waals surface area (Å²) >= 11 is 0. The minimum absolute atomic E-state index is 0.0917. The lowest BCUT2D eigenvalue weighted by Gasteiger charge is -2.33. The Hall–Kier alpha value is -0.810. The van der Waals surface area contributed by atoms with E-state index in [4.69, 9.17) is 5.11 Å². The van der Waals surface area contributed by atoms with Gasteiger partial charge in [-0.2, -0.15) is 0 Å². The lowest BCUT2D eigenvalue weighted by molar-refractivity contribution is 0.156. The maximum atomic E-state index is 12.0. The molecule has 0 bridgehead atoms. The number of likely N-dealkylation sites (tertiary alicyclic amines) is 1. The predicted octanol–water partition coefficient (Wildman–Crippen LogP) is 2.35. The zero-order valence-corrected chi connectivity index (χ0v) is 14.6. The van der Waals surface area contributed by atoms with Crippen molar-refractivity contribution in [2.75, 3.05) is 26.2 Å². The highest BCUT2D eigenvalue weighted by Gasteiger charge is 2.23. The minimum atomic E-state index is -0.0917. The standard InChI is InChI=1S/C17H35N3O2/c1-14(2)16(20-10-6-4-5-7-11-20)13-18-17(22)19-15(3)9-8-12-21/h14-16,21H,4-13H2,1-3H3,(H2,18,19,22). The van der Waals surface area contributed by atoms with Gasteiger partial charge < -0.3 is 15.7 Å². The maximum Gasteiger partial charge on any atom is 0.315 e. The highest BCUT2D eigenvalue weighted by molar-refractivity contribution is 5.74. The summed E-state index contributed by atoms with van der Waals surface area (Å²) in [7, 11) is 0. The van der Waals surface area contributed by atoms with Crippen LogP contribution in [0.2, 0.25) is 0 Å². The van der Waals surface area contributed by atoms with Crippen LogP contribution < -0.4 is 10.6 Å². The van der Waals surface area contributed by atoms with E-state index in [1.54, 1.807) is 0 Å². The first-order chi connectivity index (χ1) is 10.5. The smallest absolute Gasteiger partial charge is 0.315 e. The van der Waals surface area contributed by atoms with Crippen molar-refractivity contribution >= 4 is 6.03 Å². The van der Waals surface area contributed by atoms with Crippen molar-refractivity contribution in [3.63, 3.8) is 0 Å². The van der Waals surface area contributed by atoms with Gasteiger partial charge in [-0.1, -0.05) is 26.7 Å². The van der Waals surface area contributed by atoms with Crippen LogP contribution in [-0.4, -0.2) is 54.4 Å². The maximum absolute atomic E-state index is 12.0. The molecule has 0 saturated carbocycles. The summed E-state index contributed by atoms with van der Waals surface area (Å²) < 4.78 is 0. The first kappa shape index (κ1) is 19.2. The number of nitrogens with one attached hydrogen (secondary N) is 2. The van der Waals surface area contributed by atoms with E-state index in [2.05, 4.69) is 29.4 Å². The summed E-state index contributed by atoms with van der Waals surface area (Å²) in [5.74, 6) is 0.533. The third-order valence-electron chi connectivity index (χ3n) is 4.52. The quantitative estimate of drug-likeness (QED) is 0.644. The molecular weight excluding hydrogens is 278 g/mol. The second-order valence-electron chi connectivity index (χ2n) is 6.88. The molecule has 0 aromatic heterocycles. The molecule has 1 rings (SSSR count). The van der Waals surface area contributed by atoms with Crippen LogP contribution in [0.4, 0.5) is 4.79 Å². The van der Waals surface area contributed by atoms with Crippen LogP contribution in [-0.2, 0) is 0 Å². The fraction of sp³-hybridized carbons (Fsp3) is 0.941. The van der Waals surface area contributed by atoms with E-state index < -0.39 is 0 Å². The fourth-order valence-electron chi connectivity index (χ4n) is 3.15. The average Bonchev–Trinajstić information content (AvgIpc) is 2.74. The van der Waals surface area contributed by atoms with Crippen molar-refractivity contribution in [2.24, 2.45) is 5.92 Å². The number of hydrogen-bond acceptors (Lipinski definition) is 3. The van der Waals surface area contributed by atoms with Crippen LogP contribution in [0.3, 0.4) is 0 Å². The minimum Gasteiger partial charge on any atom is -0.396 e. The van der Waals surface area contributed by atoms with Gasteiger partial charge in [-0.3, -0.25) is 4.90 Å². The SMILES string of the molecule is CC(CCCO)NC(=O)NCC(C(C)C)N1CCCCCC1. The zero-order chi connectivity index (χ0) is 16.4. The molecule has 1 saturated heterocycles. The van der Waals surface area contributed by atoms with E-state index >= 15 is 0 Å². The highest BCUT2D eigenvalue weighted by atomic mass is 16.3. The van der Waals surface area contributed by atoms with E-state index in [-0.39, 0.29) is 18.7 Å². The van der Waals surface area contributed by atoms with Gasteiger partial charge in [0.1, 0.15) is 0 Å². The van der Waals surface area contributed by atoms with Gasteiger partial charge in [0.15, 0.2) is 0 Å². The van der Waals surface area contributed by atoms with Crippen LogP contribution in [0.25, 0.3) is 0 Å². The van der Waals surface area contributed by atoms with E-state index in [1.807, 2.05) is 6.92 Å². The Labute approximate surface area is 135 Å². The Kier molecular flexibility index (Phi) is 9.48. The summed E-state index contributed by atoms with van der Waals surface area (Å²) in [5.41, 5.74) is 0. The molecule has 1 aliphatic rings. The average molecular weight is 313 g/mol. The molecule has 1 fully saturated rings. The Morgan fingerprint density at radius 2 is 1.77 bits per heavy atom. The summed E-state index contributed by atoms with van der Waals surface area (Å²) in [5, 5.41) is 14.8. The van der Waals surface area contributed by atoms with Gasteiger partial charge in [0.2, 0.25) is 0 Å². The van der Waals surface area contributed by atoms with Crippen molar-refractivity contribution in [2.45, 2.75) is 71.4 Å². The van der Waals surface area contributed by atoms with Crippen molar-refractivity contribution in [1.29, 1.82) is 0 Å². The molecular formula is C17H35N3O2. The number of aliphatic hydroxyl groups excluding tert-OH is 1. The van der Waals surface area contributed by atoms with E-state index in [0.717, 1.165) is 25.9 Å². The van der Waals surface area contributed by atoms with Crippen molar-refractivity contribution in [1.82, 2.24) is 15.5 Å². The van der Waals surface area contributed by atoms with Gasteiger partial charge in [-0.15, -0.1) is 0 Å². The molecule has 1 aliphatic heterocycles. The third-order valence-corrected chi connectivity index (χ3v) is 4.52. The van der Waals surface area contributed by atoms with E-state index in [1.165, 1.54) is 25.7 Å². The first-order valence-corrected chi connectivity index (χ1v) is 8.94. The number of nitrogens with zero attached hydrogens (tertiary/aromatic N) is 1. The molecule has 5 nitrogen and oxygen atoms in total. The Bertz CT molecular complexity index is 302. The summed E-state index contributed by atoms with van der Waals surface area (Å²) in [4.78, 5) is 14.5. The first-order valence-electron chi connectivity index (χ1n) is 8.94. The zero-order valence-electron chi connectivity index (χ0n) is 14.6. The molecule has 22 heavy (non-hydrogen) atoms. The Balaban J connectivity index is 2.38. The molecule has 0 aliphatic carbocycles. The lowest BCUT2D eigenvalue weighted by Crippen LogP contribution is -2.50. The molecule has 1 heterocycles. The van der Waals surface area contributed by atoms with Crippen LogP contribution in [0.15, 0.2) is 0 Å². The number of hydrogen-bond donors (Lipinski definition) is 3. The molecule has 130 valence electrons. The highest BCUT2D eigenvalue weighted by Crippen LogP contribution is 2.17. The van der Waals surface area contributed by atoms with Crippen molar-refractivity contribution in [3.8, 4) is 0 Å². The van der Waals surface area contributed by atoms with Crippen molar-refractivity contribution < 1.29 is 9.90 Å². The summed E-state index contributed by atoms with van der Waals surface area (Å²) in [6, 6.07) is 0.422. The van der Waals surface area contributed by atoms with Crippen LogP contribution in [0.5, 0.6) is 0 Å². The second-order valence-corrected chi connectivity index (χ2v) is 6.88. The van der Waals surface area contributed by atoms with Gasteiger partial charge >= 0.3 is 6.03 Å². The molecule has 2 amide bonds. The molecule has 0 aromatic rings. The number of rotatable bonds is 8. The van der Waals surface area contributed by atoms with Crippen LogP contribution in [0.1, 0.15) is 59.3 Å². The topological polar surface area (TPSA) is 64.6 Å². The third kappa shape index (κ3) is 7.45. The molecule has 2 atom stereocenters. The Morgan fingerprint density at radius 1 is 1.14 bits per heavy atom. The number of aliphatic hydroxyl groups is 1. The van der Waals surface area contributed by atoms with E-state index in [9.17, 15) is 4.79 Å². The Morgan fingerprint density at radius 3 is 2.32 bits per heavy atom. The van der Waals surface area contributed by atoms with E-state index in [0.29, 0.717) is 18.5 Å². The van der Waals surface area contributed by atoms with Gasteiger partial charge in [-0.05, 0) is 51.6 Å². The van der Waals surface area contributed by atoms with Gasteiger partial charge in [-0.25, -0.2) is 4.79 Å². The fourth-order valence-corrected chi connectivity index (χ4v) is 3.15. The van der Waals surface area contributed by atoms with Gasteiger partial charge in [0.05, 0.1) is 0 Å². The van der Waals surface area contributed by atoms with Gasteiger partial charge in [0, 0.05) is 25.2 Å². The summed E-state index contributed by atoms with van der Waals surface area (Å²) in [6.07, 6.45) is 6.74. The van der Waals surface area contributed by atoms with Crippen LogP contribution in [0, 0.1) is 5.92 Å². The number of amides is 2. The number of carbonyl (C=O) groups is 1. The molecule has 3 N–H and O–H groups in total. The lowest BCUT2D eigenvalue weighted by atomic mass is 10.0. The molecule has 0 spiro atoms. The largest absolute Gasteiger partial charge is 0.396 e. The molecule has 0 radical (unpaired) electrons. The predicted molar refractivity (Wildman–Crippen MR) is 91.0 cm³/mol. The number of urea groups is 1. The molecule has 0 aromatic carbocycles. The monoisotopic (exact) mass is 313 g/mol. The van der Waals surface area contributed by atoms with Gasteiger partial charge in [0.25, 0.3) is 0 Å².